The van der Waals surface area contributed by atoms with E-state index >= 15 is 0 Å². The van der Waals surface area contributed by atoms with Crippen LogP contribution in [0, 0.1) is 0 Å². The Balaban J connectivity index is 1.08. The van der Waals surface area contributed by atoms with Crippen molar-refractivity contribution in [1.82, 2.24) is 0 Å². The van der Waals surface area contributed by atoms with Crippen molar-refractivity contribution < 1.29 is 13.3 Å². The Morgan fingerprint density at radius 1 is 0.210 bits per heavy atom. The van der Waals surface area contributed by atoms with E-state index in [1.54, 1.807) is 0 Å². The van der Waals surface area contributed by atoms with Gasteiger partial charge in [-0.3, -0.25) is 0 Å². The van der Waals surface area contributed by atoms with Crippen LogP contribution >= 0.6 is 0 Å². The fourth-order valence-corrected chi connectivity index (χ4v) is 12.3. The summed E-state index contributed by atoms with van der Waals surface area (Å²) in [5.41, 5.74) is 18.9. The van der Waals surface area contributed by atoms with E-state index < -0.39 is 0 Å². The van der Waals surface area contributed by atoms with Crippen LogP contribution in [0.15, 0.2) is 304 Å². The van der Waals surface area contributed by atoms with Gasteiger partial charge in [0.25, 0.3) is 0 Å². The second-order valence-electron chi connectivity index (χ2n) is 20.7. The van der Waals surface area contributed by atoms with Gasteiger partial charge < -0.3 is 23.1 Å². The number of furan rings is 3. The van der Waals surface area contributed by atoms with Gasteiger partial charge in [0.1, 0.15) is 16.7 Å². The molecule has 0 atom stereocenters. The second kappa shape index (κ2) is 18.9. The first-order valence-electron chi connectivity index (χ1n) is 27.5. The van der Waals surface area contributed by atoms with E-state index in [4.69, 9.17) is 13.3 Å². The van der Waals surface area contributed by atoms with Crippen molar-refractivity contribution in [3.8, 4) is 44.5 Å². The molecule has 0 aliphatic carbocycles. The molecule has 3 aromatic heterocycles. The first-order chi connectivity index (χ1) is 40.2. The SMILES string of the molecule is c1ccc(-c2cc(-c3ccccc3)cc(N(c3cccc4c3oc3ccccc34)c3c4ccccc4c(N(c4cc(-c5ccccc5)cc(-c5ccccc5)c4)c4cccc5c4oc4ccccc45)c4c3oc3ccccc34)c2)cc1. The molecule has 380 valence electrons. The Morgan fingerprint density at radius 3 is 0.938 bits per heavy atom. The first-order valence-corrected chi connectivity index (χ1v) is 27.5. The second-order valence-corrected chi connectivity index (χ2v) is 20.7. The lowest BCUT2D eigenvalue weighted by atomic mass is 9.94. The van der Waals surface area contributed by atoms with Gasteiger partial charge in [0.05, 0.1) is 28.1 Å². The van der Waals surface area contributed by atoms with Crippen LogP contribution in [0.4, 0.5) is 34.1 Å². The van der Waals surface area contributed by atoms with Gasteiger partial charge in [-0.05, 0) is 111 Å². The number of para-hydroxylation sites is 5. The number of fused-ring (bicyclic) bond motifs is 10. The van der Waals surface area contributed by atoms with Crippen LogP contribution in [0.25, 0.3) is 121 Å². The highest BCUT2D eigenvalue weighted by Gasteiger charge is 2.32. The molecule has 0 aliphatic rings. The molecule has 0 aliphatic heterocycles. The fraction of sp³-hybridized carbons (Fsp3) is 0. The fourth-order valence-electron chi connectivity index (χ4n) is 12.3. The minimum absolute atomic E-state index is 0.716. The van der Waals surface area contributed by atoms with Crippen LogP contribution in [0.1, 0.15) is 0 Å². The van der Waals surface area contributed by atoms with Gasteiger partial charge in [0.15, 0.2) is 16.7 Å². The van der Waals surface area contributed by atoms with Crippen LogP contribution in [0.5, 0.6) is 0 Å². The molecule has 16 aromatic rings. The van der Waals surface area contributed by atoms with Gasteiger partial charge in [-0.2, -0.15) is 0 Å². The van der Waals surface area contributed by atoms with Gasteiger partial charge >= 0.3 is 0 Å². The summed E-state index contributed by atoms with van der Waals surface area (Å²) in [4.78, 5) is 4.84. The molecule has 13 aromatic carbocycles. The molecule has 0 saturated carbocycles. The molecule has 5 heteroatoms. The van der Waals surface area contributed by atoms with Crippen LogP contribution < -0.4 is 9.80 Å². The van der Waals surface area contributed by atoms with Crippen molar-refractivity contribution in [2.24, 2.45) is 0 Å². The van der Waals surface area contributed by atoms with E-state index in [1.165, 1.54) is 0 Å². The third-order valence-corrected chi connectivity index (χ3v) is 16.0. The zero-order chi connectivity index (χ0) is 53.4. The Labute approximate surface area is 467 Å². The summed E-state index contributed by atoms with van der Waals surface area (Å²) in [6.07, 6.45) is 0. The third kappa shape index (κ3) is 7.70. The van der Waals surface area contributed by atoms with Crippen molar-refractivity contribution in [2.45, 2.75) is 0 Å². The molecule has 5 nitrogen and oxygen atoms in total. The molecule has 0 N–H and O–H groups in total. The highest BCUT2D eigenvalue weighted by molar-refractivity contribution is 6.29. The number of benzene rings is 13. The van der Waals surface area contributed by atoms with E-state index in [0.29, 0.717) is 5.58 Å². The lowest BCUT2D eigenvalue weighted by Crippen LogP contribution is -2.15. The Morgan fingerprint density at radius 2 is 0.519 bits per heavy atom. The molecule has 3 heterocycles. The van der Waals surface area contributed by atoms with E-state index in [0.717, 1.165) is 150 Å². The monoisotopic (exact) mass is 1040 g/mol. The van der Waals surface area contributed by atoms with Crippen molar-refractivity contribution >= 4 is 111 Å². The van der Waals surface area contributed by atoms with E-state index in [2.05, 4.69) is 289 Å². The highest BCUT2D eigenvalue weighted by Crippen LogP contribution is 2.57. The molecule has 0 spiro atoms. The number of hydrogen-bond acceptors (Lipinski definition) is 5. The summed E-state index contributed by atoms with van der Waals surface area (Å²) < 4.78 is 21.7. The first kappa shape index (κ1) is 46.2. The van der Waals surface area contributed by atoms with Crippen LogP contribution in [0.3, 0.4) is 0 Å². The summed E-state index contributed by atoms with van der Waals surface area (Å²) in [6.45, 7) is 0. The molecule has 0 fully saturated rings. The Kier molecular flexibility index (Phi) is 10.8. The maximum Gasteiger partial charge on any atom is 0.162 e. The maximum absolute atomic E-state index is 7.58. The highest BCUT2D eigenvalue weighted by atomic mass is 16.3. The quantitative estimate of drug-likeness (QED) is 0.128. The summed E-state index contributed by atoms with van der Waals surface area (Å²) in [6, 6.07) is 104. The molecular weight excluding hydrogens is 989 g/mol. The van der Waals surface area contributed by atoms with Gasteiger partial charge in [-0.15, -0.1) is 0 Å². The zero-order valence-electron chi connectivity index (χ0n) is 43.8. The molecule has 0 amide bonds. The van der Waals surface area contributed by atoms with Crippen molar-refractivity contribution in [2.75, 3.05) is 9.80 Å². The third-order valence-electron chi connectivity index (χ3n) is 16.0. The summed E-state index contributed by atoms with van der Waals surface area (Å²) in [5.74, 6) is 0. The van der Waals surface area contributed by atoms with E-state index in [-0.39, 0.29) is 0 Å². The smallest absolute Gasteiger partial charge is 0.162 e. The minimum Gasteiger partial charge on any atom is -0.454 e. The summed E-state index contributed by atoms with van der Waals surface area (Å²) in [5, 5.41) is 8.07. The van der Waals surface area contributed by atoms with Crippen LogP contribution in [0.2, 0.25) is 0 Å². The molecule has 0 saturated heterocycles. The average Bonchev–Trinajstić information content (AvgIpc) is 4.39. The molecule has 16 rings (SSSR count). The Bertz CT molecular complexity index is 4940. The minimum atomic E-state index is 0.716. The number of anilines is 6. The van der Waals surface area contributed by atoms with Crippen molar-refractivity contribution in [3.05, 3.63) is 291 Å². The van der Waals surface area contributed by atoms with Crippen LogP contribution in [-0.2, 0) is 0 Å². The predicted molar refractivity (Wildman–Crippen MR) is 337 cm³/mol. The van der Waals surface area contributed by atoms with Crippen LogP contribution in [-0.4, -0.2) is 0 Å². The normalized spacial score (nSPS) is 11.7. The Hall–Kier alpha value is -10.9. The van der Waals surface area contributed by atoms with Gasteiger partial charge in [-0.1, -0.05) is 224 Å². The number of nitrogens with zero attached hydrogens (tertiary/aromatic N) is 2. The lowest BCUT2D eigenvalue weighted by molar-refractivity contribution is 0.666. The molecule has 81 heavy (non-hydrogen) atoms. The molecule has 0 radical (unpaired) electrons. The maximum atomic E-state index is 7.58. The predicted octanol–water partition coefficient (Wildman–Crippen LogP) is 22.1. The number of hydrogen-bond donors (Lipinski definition) is 0. The van der Waals surface area contributed by atoms with Gasteiger partial charge in [-0.25, -0.2) is 0 Å². The van der Waals surface area contributed by atoms with Gasteiger partial charge in [0, 0.05) is 49.1 Å². The van der Waals surface area contributed by atoms with E-state index in [1.807, 2.05) is 12.1 Å². The lowest BCUT2D eigenvalue weighted by Gasteiger charge is -2.32. The zero-order valence-corrected chi connectivity index (χ0v) is 43.8. The van der Waals surface area contributed by atoms with E-state index in [9.17, 15) is 0 Å². The molecule has 0 unspecified atom stereocenters. The largest absolute Gasteiger partial charge is 0.454 e. The van der Waals surface area contributed by atoms with Crippen molar-refractivity contribution in [3.63, 3.8) is 0 Å². The molecule has 0 bridgehead atoms. The average molecular weight is 1040 g/mol. The summed E-state index contributed by atoms with van der Waals surface area (Å²) in [7, 11) is 0. The number of rotatable bonds is 10. The summed E-state index contributed by atoms with van der Waals surface area (Å²) >= 11 is 0. The topological polar surface area (TPSA) is 45.9 Å². The molecular formula is C76H48N2O3. The van der Waals surface area contributed by atoms with Gasteiger partial charge in [0.2, 0.25) is 0 Å². The van der Waals surface area contributed by atoms with Crippen molar-refractivity contribution in [1.29, 1.82) is 0 Å². The standard InChI is InChI=1S/C76H48N2O3/c1-5-23-49(24-6-1)53-43-54(50-25-7-2-8-26-50)46-57(45-53)77(66-38-21-36-63-59-31-15-18-40-68(59)79-74(63)66)72-61-33-13-14-34-62(61)73(76-71(72)65-35-17-20-42-70(65)81-76)78(67-39-22-37-64-60-32-16-19-41-69(60)80-75(64)67)58-47-55(51-27-9-3-10-28-51)44-56(48-58)52-29-11-4-12-30-52/h1-48H.